The van der Waals surface area contributed by atoms with E-state index in [9.17, 15) is 0 Å². The maximum absolute atomic E-state index is 4.69. The van der Waals surface area contributed by atoms with Crippen molar-refractivity contribution in [2.75, 3.05) is 0 Å². The lowest BCUT2D eigenvalue weighted by atomic mass is 10.2. The molecule has 0 radical (unpaired) electrons. The van der Waals surface area contributed by atoms with Crippen molar-refractivity contribution in [3.05, 3.63) is 53.6 Å². The predicted octanol–water partition coefficient (Wildman–Crippen LogP) is 5.17. The van der Waals surface area contributed by atoms with E-state index in [1.807, 2.05) is 0 Å². The minimum Gasteiger partial charge on any atom is -0.236 e. The molecular weight excluding hydrogens is 306 g/mol. The van der Waals surface area contributed by atoms with Crippen molar-refractivity contribution in [3.63, 3.8) is 0 Å². The number of nitrogens with zero attached hydrogens (tertiary/aromatic N) is 1. The molecule has 18 heavy (non-hydrogen) atoms. The highest BCUT2D eigenvalue weighted by Crippen LogP contribution is 2.30. The first-order valence-electron chi connectivity index (χ1n) is 5.79. The minimum absolute atomic E-state index is 0.895. The van der Waals surface area contributed by atoms with Crippen LogP contribution in [0.3, 0.4) is 0 Å². The third-order valence-electron chi connectivity index (χ3n) is 2.90. The van der Waals surface area contributed by atoms with Gasteiger partial charge in [0.05, 0.1) is 10.2 Å². The lowest BCUT2D eigenvalue weighted by Gasteiger charge is -1.97. The zero-order chi connectivity index (χ0) is 12.5. The van der Waals surface area contributed by atoms with Gasteiger partial charge in [-0.15, -0.1) is 11.3 Å². The van der Waals surface area contributed by atoms with E-state index in [0.717, 1.165) is 15.9 Å². The summed E-state index contributed by atoms with van der Waals surface area (Å²) >= 11 is 5.22. The highest BCUT2D eigenvalue weighted by atomic mass is 79.9. The van der Waals surface area contributed by atoms with Crippen molar-refractivity contribution in [2.24, 2.45) is 0 Å². The molecule has 90 valence electrons. The van der Waals surface area contributed by atoms with Crippen LogP contribution in [0.2, 0.25) is 0 Å². The fraction of sp³-hybridized carbons (Fsp3) is 0.133. The van der Waals surface area contributed by atoms with Crippen LogP contribution < -0.4 is 0 Å². The molecule has 1 heterocycles. The highest BCUT2D eigenvalue weighted by Gasteiger charge is 2.06. The first-order valence-corrected chi connectivity index (χ1v) is 7.72. The number of fused-ring (bicyclic) bond motifs is 1. The third kappa shape index (κ3) is 2.20. The Kier molecular flexibility index (Phi) is 3.18. The normalized spacial score (nSPS) is 11.0. The SMILES string of the molecule is Cc1ccc2nc(-c3ccc(CBr)cc3)sc2c1. The number of rotatable bonds is 2. The van der Waals surface area contributed by atoms with Gasteiger partial charge >= 0.3 is 0 Å². The smallest absolute Gasteiger partial charge is 0.124 e. The second-order valence-electron chi connectivity index (χ2n) is 4.32. The standard InChI is InChI=1S/C15H12BrNS/c1-10-2-7-13-14(8-10)18-15(17-13)12-5-3-11(9-16)4-6-12/h2-8H,9H2,1H3. The van der Waals surface area contributed by atoms with Gasteiger partial charge in [-0.1, -0.05) is 46.3 Å². The Bertz CT molecular complexity index is 685. The maximum atomic E-state index is 4.69. The molecule has 0 N–H and O–H groups in total. The predicted molar refractivity (Wildman–Crippen MR) is 82.4 cm³/mol. The summed E-state index contributed by atoms with van der Waals surface area (Å²) in [4.78, 5) is 4.69. The summed E-state index contributed by atoms with van der Waals surface area (Å²) in [6, 6.07) is 15.0. The molecule has 0 aliphatic carbocycles. The Morgan fingerprint density at radius 1 is 1.11 bits per heavy atom. The van der Waals surface area contributed by atoms with Gasteiger partial charge in [0.1, 0.15) is 5.01 Å². The summed E-state index contributed by atoms with van der Waals surface area (Å²) in [6.45, 7) is 2.11. The average Bonchev–Trinajstić information content (AvgIpc) is 2.81. The van der Waals surface area contributed by atoms with Crippen LogP contribution in [0.15, 0.2) is 42.5 Å². The van der Waals surface area contributed by atoms with Gasteiger partial charge in [0.25, 0.3) is 0 Å². The zero-order valence-electron chi connectivity index (χ0n) is 9.98. The molecular formula is C15H12BrNS. The molecule has 0 aliphatic rings. The van der Waals surface area contributed by atoms with Gasteiger partial charge in [-0.2, -0.15) is 0 Å². The van der Waals surface area contributed by atoms with Crippen LogP contribution >= 0.6 is 27.3 Å². The van der Waals surface area contributed by atoms with E-state index in [0.29, 0.717) is 0 Å². The average molecular weight is 318 g/mol. The quantitative estimate of drug-likeness (QED) is 0.594. The Balaban J connectivity index is 2.07. The van der Waals surface area contributed by atoms with E-state index in [1.54, 1.807) is 11.3 Å². The number of aryl methyl sites for hydroxylation is 1. The number of thiazole rings is 1. The second kappa shape index (κ2) is 4.82. The van der Waals surface area contributed by atoms with Crippen molar-refractivity contribution >= 4 is 37.5 Å². The van der Waals surface area contributed by atoms with Gasteiger partial charge in [0.15, 0.2) is 0 Å². The molecule has 0 saturated carbocycles. The molecule has 0 spiro atoms. The Morgan fingerprint density at radius 3 is 2.61 bits per heavy atom. The van der Waals surface area contributed by atoms with Crippen molar-refractivity contribution in [1.29, 1.82) is 0 Å². The number of aromatic nitrogens is 1. The van der Waals surface area contributed by atoms with E-state index < -0.39 is 0 Å². The highest BCUT2D eigenvalue weighted by molar-refractivity contribution is 9.08. The van der Waals surface area contributed by atoms with Gasteiger partial charge in [0, 0.05) is 10.9 Å². The Morgan fingerprint density at radius 2 is 1.89 bits per heavy atom. The van der Waals surface area contributed by atoms with E-state index >= 15 is 0 Å². The lowest BCUT2D eigenvalue weighted by Crippen LogP contribution is -1.79. The first kappa shape index (κ1) is 11.9. The molecule has 3 aromatic rings. The fourth-order valence-electron chi connectivity index (χ4n) is 1.89. The van der Waals surface area contributed by atoms with Crippen LogP contribution in [0.5, 0.6) is 0 Å². The van der Waals surface area contributed by atoms with Gasteiger partial charge in [0.2, 0.25) is 0 Å². The lowest BCUT2D eigenvalue weighted by molar-refractivity contribution is 1.41. The molecule has 0 saturated heterocycles. The van der Waals surface area contributed by atoms with E-state index in [4.69, 9.17) is 0 Å². The molecule has 3 heteroatoms. The summed E-state index contributed by atoms with van der Waals surface area (Å²) in [5.41, 5.74) is 4.85. The van der Waals surface area contributed by atoms with Crippen LogP contribution in [-0.4, -0.2) is 4.98 Å². The minimum atomic E-state index is 0.895. The Labute approximate surface area is 119 Å². The molecule has 0 aliphatic heterocycles. The zero-order valence-corrected chi connectivity index (χ0v) is 12.4. The third-order valence-corrected chi connectivity index (χ3v) is 4.61. The number of halogens is 1. The van der Waals surface area contributed by atoms with Crippen molar-refractivity contribution in [1.82, 2.24) is 4.98 Å². The number of alkyl halides is 1. The summed E-state index contributed by atoms with van der Waals surface area (Å²) in [6.07, 6.45) is 0. The van der Waals surface area contributed by atoms with Crippen LogP contribution in [0.4, 0.5) is 0 Å². The molecule has 1 aromatic heterocycles. The van der Waals surface area contributed by atoms with Crippen molar-refractivity contribution in [2.45, 2.75) is 12.3 Å². The molecule has 0 unspecified atom stereocenters. The summed E-state index contributed by atoms with van der Waals surface area (Å²) in [5.74, 6) is 0. The number of hydrogen-bond donors (Lipinski definition) is 0. The molecule has 1 nitrogen and oxygen atoms in total. The largest absolute Gasteiger partial charge is 0.236 e. The van der Waals surface area contributed by atoms with Gasteiger partial charge in [-0.25, -0.2) is 4.98 Å². The topological polar surface area (TPSA) is 12.9 Å². The molecule has 0 bridgehead atoms. The van der Waals surface area contributed by atoms with E-state index in [2.05, 4.69) is 70.3 Å². The van der Waals surface area contributed by atoms with Gasteiger partial charge in [-0.05, 0) is 30.2 Å². The van der Waals surface area contributed by atoms with Crippen LogP contribution in [-0.2, 0) is 5.33 Å². The number of benzene rings is 2. The summed E-state index contributed by atoms with van der Waals surface area (Å²) in [5, 5.41) is 1.99. The molecule has 0 amide bonds. The van der Waals surface area contributed by atoms with Crippen molar-refractivity contribution in [3.8, 4) is 10.6 Å². The molecule has 2 aromatic carbocycles. The first-order chi connectivity index (χ1) is 8.76. The summed E-state index contributed by atoms with van der Waals surface area (Å²) < 4.78 is 1.26. The van der Waals surface area contributed by atoms with Gasteiger partial charge < -0.3 is 0 Å². The van der Waals surface area contributed by atoms with Gasteiger partial charge in [-0.3, -0.25) is 0 Å². The van der Waals surface area contributed by atoms with E-state index in [-0.39, 0.29) is 0 Å². The fourth-order valence-corrected chi connectivity index (χ4v) is 3.33. The summed E-state index contributed by atoms with van der Waals surface area (Å²) in [7, 11) is 0. The van der Waals surface area contributed by atoms with E-state index in [1.165, 1.54) is 21.4 Å². The maximum Gasteiger partial charge on any atom is 0.124 e. The molecule has 3 rings (SSSR count). The van der Waals surface area contributed by atoms with Crippen LogP contribution in [0.25, 0.3) is 20.8 Å². The molecule has 0 fully saturated rings. The molecule has 0 atom stereocenters. The number of hydrogen-bond acceptors (Lipinski definition) is 2. The van der Waals surface area contributed by atoms with Crippen molar-refractivity contribution < 1.29 is 0 Å². The monoisotopic (exact) mass is 317 g/mol. The Hall–Kier alpha value is -1.19. The van der Waals surface area contributed by atoms with Crippen LogP contribution in [0.1, 0.15) is 11.1 Å². The second-order valence-corrected chi connectivity index (χ2v) is 5.91. The van der Waals surface area contributed by atoms with Crippen LogP contribution in [0, 0.1) is 6.92 Å².